The predicted octanol–water partition coefficient (Wildman–Crippen LogP) is 1.52. The Morgan fingerprint density at radius 3 is 2.61 bits per heavy atom. The van der Waals surface area contributed by atoms with Crippen LogP contribution in [0.25, 0.3) is 0 Å². The van der Waals surface area contributed by atoms with Crippen molar-refractivity contribution in [2.24, 2.45) is 0 Å². The summed E-state index contributed by atoms with van der Waals surface area (Å²) >= 11 is -1.12. The van der Waals surface area contributed by atoms with Crippen molar-refractivity contribution in [1.82, 2.24) is 0 Å². The van der Waals surface area contributed by atoms with Crippen LogP contribution in [0.1, 0.15) is 5.56 Å². The molecule has 0 spiro atoms. The number of nitro groups is 1. The third-order valence-electron chi connectivity index (χ3n) is 2.88. The van der Waals surface area contributed by atoms with Crippen LogP contribution < -0.4 is 9.67 Å². The Balaban J connectivity index is 2.03. The summed E-state index contributed by atoms with van der Waals surface area (Å²) in [6.07, 6.45) is -1.02. The van der Waals surface area contributed by atoms with Gasteiger partial charge in [-0.1, -0.05) is 0 Å². The summed E-state index contributed by atoms with van der Waals surface area (Å²) in [6.45, 7) is 0. The van der Waals surface area contributed by atoms with Gasteiger partial charge in [-0.05, 0) is 0 Å². The van der Waals surface area contributed by atoms with E-state index in [4.69, 9.17) is 5.11 Å². The van der Waals surface area contributed by atoms with E-state index in [-0.39, 0.29) is 16.7 Å². The normalized spacial score (nSPS) is 10.6. The van der Waals surface area contributed by atoms with Gasteiger partial charge in [0, 0.05) is 0 Å². The van der Waals surface area contributed by atoms with E-state index in [2.05, 4.69) is 5.32 Å². The minimum absolute atomic E-state index is 0.0120. The quantitative estimate of drug-likeness (QED) is 0.451. The van der Waals surface area contributed by atoms with Crippen molar-refractivity contribution in [2.75, 3.05) is 5.32 Å². The second kappa shape index (κ2) is 7.56. The number of non-ortho nitro benzene ring substituents is 1. The molecule has 0 aliphatic carbocycles. The van der Waals surface area contributed by atoms with Crippen LogP contribution in [0.4, 0.5) is 16.2 Å². The Morgan fingerprint density at radius 1 is 1.17 bits per heavy atom. The fourth-order valence-corrected chi connectivity index (χ4v) is 4.11. The number of amides is 1. The first kappa shape index (κ1) is 16.7. The van der Waals surface area contributed by atoms with E-state index in [1.165, 1.54) is 12.1 Å². The molecule has 1 amide bonds. The van der Waals surface area contributed by atoms with Gasteiger partial charge in [-0.25, -0.2) is 0 Å². The first-order valence-electron chi connectivity index (χ1n) is 6.57. The molecule has 0 saturated heterocycles. The standard InChI is InChI=1S/C15H13AsN2O5/c19-14(8-10-3-1-6-13(7-10)18(22)23)16-11-4-2-5-12(9-11)17-15(20)21/h1-7,9,16-17H,8H2,(H,20,21). The summed E-state index contributed by atoms with van der Waals surface area (Å²) in [5, 5.41) is 21.6. The van der Waals surface area contributed by atoms with Gasteiger partial charge in [-0.3, -0.25) is 0 Å². The van der Waals surface area contributed by atoms with Crippen molar-refractivity contribution in [1.29, 1.82) is 0 Å². The number of hydrogen-bond donors (Lipinski definition) is 2. The third kappa shape index (κ3) is 5.23. The Hall–Kier alpha value is -2.66. The molecular formula is C15H13AsN2O5. The van der Waals surface area contributed by atoms with E-state index in [0.717, 1.165) is 4.35 Å². The number of rotatable bonds is 6. The van der Waals surface area contributed by atoms with E-state index in [0.29, 0.717) is 11.3 Å². The summed E-state index contributed by atoms with van der Waals surface area (Å²) in [4.78, 5) is 33.0. The van der Waals surface area contributed by atoms with E-state index in [1.54, 1.807) is 36.4 Å². The number of carbonyl (C=O) groups excluding carboxylic acids is 1. The summed E-state index contributed by atoms with van der Waals surface area (Å²) < 4.78 is 0.810. The molecule has 0 heterocycles. The van der Waals surface area contributed by atoms with Crippen LogP contribution in [0.2, 0.25) is 0 Å². The van der Waals surface area contributed by atoms with Crippen LogP contribution in [-0.2, 0) is 11.2 Å². The fourth-order valence-electron chi connectivity index (χ4n) is 1.97. The zero-order valence-corrected chi connectivity index (χ0v) is 14.0. The molecule has 0 saturated carbocycles. The van der Waals surface area contributed by atoms with Crippen LogP contribution in [0, 0.1) is 10.1 Å². The second-order valence-electron chi connectivity index (χ2n) is 4.66. The molecule has 2 rings (SSSR count). The van der Waals surface area contributed by atoms with Crippen LogP contribution >= 0.6 is 0 Å². The Morgan fingerprint density at radius 2 is 1.91 bits per heavy atom. The summed E-state index contributed by atoms with van der Waals surface area (Å²) in [6, 6.07) is 12.7. The van der Waals surface area contributed by atoms with Gasteiger partial charge in [-0.2, -0.15) is 0 Å². The number of anilines is 1. The Bertz CT molecular complexity index is 763. The molecule has 0 aliphatic rings. The maximum atomic E-state index is 12.1. The molecule has 0 aromatic heterocycles. The summed E-state index contributed by atoms with van der Waals surface area (Å²) in [5.41, 5.74) is 0.984. The summed E-state index contributed by atoms with van der Waals surface area (Å²) in [5.74, 6) is 0. The topological polar surface area (TPSA) is 110 Å². The van der Waals surface area contributed by atoms with Gasteiger partial charge in [0.15, 0.2) is 0 Å². The van der Waals surface area contributed by atoms with Crippen molar-refractivity contribution in [3.05, 3.63) is 64.2 Å². The molecule has 0 radical (unpaired) electrons. The average Bonchev–Trinajstić information content (AvgIpc) is 2.47. The van der Waals surface area contributed by atoms with Gasteiger partial charge < -0.3 is 0 Å². The van der Waals surface area contributed by atoms with Gasteiger partial charge >= 0.3 is 138 Å². The summed E-state index contributed by atoms with van der Waals surface area (Å²) in [7, 11) is 0. The molecule has 1 unspecified atom stereocenters. The predicted molar refractivity (Wildman–Crippen MR) is 86.7 cm³/mol. The molecule has 1 atom stereocenters. The second-order valence-corrected chi connectivity index (χ2v) is 7.57. The molecule has 2 N–H and O–H groups in total. The van der Waals surface area contributed by atoms with Crippen LogP contribution in [0.5, 0.6) is 0 Å². The minimum atomic E-state index is -1.16. The Labute approximate surface area is 138 Å². The first-order valence-corrected chi connectivity index (χ1v) is 8.67. The SMILES string of the molecule is O=C(O)Nc1cccc([AsH]C(=O)Cc2cccc([N+](=O)[O-])c2)c1. The zero-order chi connectivity index (χ0) is 16.8. The molecule has 118 valence electrons. The zero-order valence-electron chi connectivity index (χ0n) is 11.9. The van der Waals surface area contributed by atoms with Gasteiger partial charge in [0.25, 0.3) is 0 Å². The molecule has 2 aromatic rings. The number of carbonyl (C=O) groups is 2. The van der Waals surface area contributed by atoms with Gasteiger partial charge in [0.05, 0.1) is 0 Å². The van der Waals surface area contributed by atoms with E-state index >= 15 is 0 Å². The number of nitrogens with zero attached hydrogens (tertiary/aromatic N) is 1. The van der Waals surface area contributed by atoms with Gasteiger partial charge in [0.2, 0.25) is 0 Å². The number of nitrogens with one attached hydrogen (secondary N) is 1. The van der Waals surface area contributed by atoms with E-state index in [9.17, 15) is 19.7 Å². The van der Waals surface area contributed by atoms with Gasteiger partial charge in [0.1, 0.15) is 0 Å². The van der Waals surface area contributed by atoms with Crippen LogP contribution in [-0.4, -0.2) is 36.4 Å². The Kier molecular flexibility index (Phi) is 5.49. The molecular weight excluding hydrogens is 363 g/mol. The fraction of sp³-hybridized carbons (Fsp3) is 0.0667. The number of hydrogen-bond acceptors (Lipinski definition) is 4. The van der Waals surface area contributed by atoms with E-state index < -0.39 is 26.8 Å². The van der Waals surface area contributed by atoms with Crippen molar-refractivity contribution in [3.8, 4) is 0 Å². The molecule has 0 bridgehead atoms. The number of carboxylic acid groups (broad SMARTS) is 1. The molecule has 8 heteroatoms. The molecule has 0 fully saturated rings. The van der Waals surface area contributed by atoms with Crippen LogP contribution in [0.3, 0.4) is 0 Å². The maximum absolute atomic E-state index is 12.1. The van der Waals surface area contributed by atoms with Gasteiger partial charge in [-0.15, -0.1) is 0 Å². The molecule has 7 nitrogen and oxygen atoms in total. The van der Waals surface area contributed by atoms with Crippen molar-refractivity contribution < 1.29 is 19.6 Å². The number of benzene rings is 2. The third-order valence-corrected chi connectivity index (χ3v) is 5.10. The average molecular weight is 376 g/mol. The monoisotopic (exact) mass is 376 g/mol. The van der Waals surface area contributed by atoms with Crippen molar-refractivity contribution in [3.63, 3.8) is 0 Å². The van der Waals surface area contributed by atoms with Crippen molar-refractivity contribution in [2.45, 2.75) is 6.42 Å². The van der Waals surface area contributed by atoms with E-state index in [1.807, 2.05) is 0 Å². The molecule has 0 aliphatic heterocycles. The first-order chi connectivity index (χ1) is 10.9. The number of nitro benzene ring substituents is 1. The molecule has 23 heavy (non-hydrogen) atoms. The molecule has 2 aromatic carbocycles. The van der Waals surface area contributed by atoms with Crippen LogP contribution in [0.15, 0.2) is 48.5 Å². The van der Waals surface area contributed by atoms with Crippen molar-refractivity contribution >= 4 is 42.1 Å².